The van der Waals surface area contributed by atoms with E-state index in [4.69, 9.17) is 33.7 Å². The lowest BCUT2D eigenvalue weighted by Gasteiger charge is -2.08. The molecule has 1 aromatic heterocycles. The Morgan fingerprint density at radius 3 is 2.70 bits per heavy atom. The maximum Gasteiger partial charge on any atom is 0.341 e. The van der Waals surface area contributed by atoms with E-state index in [1.165, 1.54) is 11.3 Å². The molecule has 0 saturated heterocycles. The number of hydrogen-bond donors (Lipinski definition) is 1. The van der Waals surface area contributed by atoms with Gasteiger partial charge in [0.1, 0.15) is 10.6 Å². The minimum Gasteiger partial charge on any atom is -0.462 e. The number of nitrogens with two attached hydrogens (primary N) is 1. The van der Waals surface area contributed by atoms with Crippen LogP contribution in [0, 0.1) is 6.92 Å². The number of aryl methyl sites for hydroxylation is 1. The van der Waals surface area contributed by atoms with Crippen molar-refractivity contribution in [3.8, 4) is 11.1 Å². The van der Waals surface area contributed by atoms with E-state index in [1.54, 1.807) is 25.1 Å². The quantitative estimate of drug-likeness (QED) is 0.823. The molecule has 1 heterocycles. The first-order valence-corrected chi connectivity index (χ1v) is 7.54. The van der Waals surface area contributed by atoms with Crippen LogP contribution in [0.4, 0.5) is 5.00 Å². The molecule has 0 aliphatic rings. The van der Waals surface area contributed by atoms with Gasteiger partial charge in [0.05, 0.1) is 6.61 Å². The van der Waals surface area contributed by atoms with Crippen molar-refractivity contribution in [2.45, 2.75) is 13.8 Å². The molecule has 0 saturated carbocycles. The molecule has 2 rings (SSSR count). The molecule has 0 spiro atoms. The van der Waals surface area contributed by atoms with E-state index in [-0.39, 0.29) is 0 Å². The highest BCUT2D eigenvalue weighted by Crippen LogP contribution is 2.41. The average Bonchev–Trinajstić information content (AvgIpc) is 2.64. The maximum absolute atomic E-state index is 12.1. The van der Waals surface area contributed by atoms with Crippen LogP contribution in [0.1, 0.15) is 22.2 Å². The van der Waals surface area contributed by atoms with Crippen molar-refractivity contribution in [3.63, 3.8) is 0 Å². The molecule has 0 radical (unpaired) electrons. The highest BCUT2D eigenvalue weighted by molar-refractivity contribution is 7.16. The summed E-state index contributed by atoms with van der Waals surface area (Å²) in [5, 5.41) is 1.45. The van der Waals surface area contributed by atoms with E-state index in [0.717, 1.165) is 10.4 Å². The number of esters is 1. The van der Waals surface area contributed by atoms with Crippen LogP contribution in [-0.2, 0) is 4.74 Å². The minimum atomic E-state index is -0.435. The number of benzene rings is 1. The molecule has 0 fully saturated rings. The average molecular weight is 330 g/mol. The predicted molar refractivity (Wildman–Crippen MR) is 84.9 cm³/mol. The van der Waals surface area contributed by atoms with Crippen molar-refractivity contribution in [2.75, 3.05) is 12.3 Å². The number of carbonyl (C=O) groups excluding carboxylic acids is 1. The SMILES string of the molecule is CCOC(=O)c1c(N)sc(C)c1-c1ccc(Cl)cc1Cl. The third-order valence-corrected chi connectivity index (χ3v) is 4.27. The molecule has 1 aromatic carbocycles. The minimum absolute atomic E-state index is 0.293. The van der Waals surface area contributed by atoms with Gasteiger partial charge in [0.2, 0.25) is 0 Å². The zero-order valence-electron chi connectivity index (χ0n) is 11.0. The zero-order chi connectivity index (χ0) is 14.9. The van der Waals surface area contributed by atoms with Crippen molar-refractivity contribution in [1.82, 2.24) is 0 Å². The Morgan fingerprint density at radius 2 is 2.10 bits per heavy atom. The summed E-state index contributed by atoms with van der Waals surface area (Å²) in [7, 11) is 0. The summed E-state index contributed by atoms with van der Waals surface area (Å²) in [5.74, 6) is -0.435. The molecule has 0 unspecified atom stereocenters. The van der Waals surface area contributed by atoms with Gasteiger partial charge in [-0.1, -0.05) is 29.3 Å². The van der Waals surface area contributed by atoms with E-state index in [1.807, 2.05) is 6.92 Å². The molecular weight excluding hydrogens is 317 g/mol. The van der Waals surface area contributed by atoms with Crippen LogP contribution >= 0.6 is 34.5 Å². The second kappa shape index (κ2) is 6.04. The normalized spacial score (nSPS) is 10.6. The fourth-order valence-electron chi connectivity index (χ4n) is 1.99. The van der Waals surface area contributed by atoms with E-state index in [2.05, 4.69) is 0 Å². The van der Waals surface area contributed by atoms with Crippen molar-refractivity contribution in [3.05, 3.63) is 38.7 Å². The molecular formula is C14H13Cl2NO2S. The van der Waals surface area contributed by atoms with Crippen LogP contribution in [0.25, 0.3) is 11.1 Å². The topological polar surface area (TPSA) is 52.3 Å². The van der Waals surface area contributed by atoms with Gasteiger partial charge < -0.3 is 10.5 Å². The van der Waals surface area contributed by atoms with Crippen LogP contribution in [0.2, 0.25) is 10.0 Å². The van der Waals surface area contributed by atoms with Crippen molar-refractivity contribution >= 4 is 45.5 Å². The summed E-state index contributed by atoms with van der Waals surface area (Å²) in [6.07, 6.45) is 0. The second-order valence-corrected chi connectivity index (χ2v) is 6.22. The van der Waals surface area contributed by atoms with E-state index in [0.29, 0.717) is 32.8 Å². The first kappa shape index (κ1) is 15.2. The molecule has 2 aromatic rings. The molecule has 3 nitrogen and oxygen atoms in total. The Morgan fingerprint density at radius 1 is 1.40 bits per heavy atom. The van der Waals surface area contributed by atoms with Crippen LogP contribution in [0.5, 0.6) is 0 Å². The Bertz CT molecular complexity index is 667. The first-order valence-electron chi connectivity index (χ1n) is 5.97. The molecule has 0 bridgehead atoms. The van der Waals surface area contributed by atoms with Gasteiger partial charge in [-0.3, -0.25) is 0 Å². The Hall–Kier alpha value is -1.23. The van der Waals surface area contributed by atoms with Crippen LogP contribution in [0.15, 0.2) is 18.2 Å². The fraction of sp³-hybridized carbons (Fsp3) is 0.214. The predicted octanol–water partition coefficient (Wildman–Crippen LogP) is 4.79. The number of thiophene rings is 1. The van der Waals surface area contributed by atoms with Gasteiger partial charge in [-0.15, -0.1) is 11.3 Å². The number of carbonyl (C=O) groups is 1. The van der Waals surface area contributed by atoms with Crippen molar-refractivity contribution in [1.29, 1.82) is 0 Å². The van der Waals surface area contributed by atoms with Crippen LogP contribution in [0.3, 0.4) is 0 Å². The highest BCUT2D eigenvalue weighted by atomic mass is 35.5. The van der Waals surface area contributed by atoms with Crippen molar-refractivity contribution < 1.29 is 9.53 Å². The van der Waals surface area contributed by atoms with Crippen molar-refractivity contribution in [2.24, 2.45) is 0 Å². The van der Waals surface area contributed by atoms with Gasteiger partial charge >= 0.3 is 5.97 Å². The number of anilines is 1. The van der Waals surface area contributed by atoms with E-state index < -0.39 is 5.97 Å². The number of hydrogen-bond acceptors (Lipinski definition) is 4. The smallest absolute Gasteiger partial charge is 0.341 e. The van der Waals surface area contributed by atoms with Gasteiger partial charge in [0.25, 0.3) is 0 Å². The molecule has 106 valence electrons. The molecule has 2 N–H and O–H groups in total. The summed E-state index contributed by atoms with van der Waals surface area (Å²) < 4.78 is 5.07. The van der Waals surface area contributed by atoms with Gasteiger partial charge in [-0.2, -0.15) is 0 Å². The monoisotopic (exact) mass is 329 g/mol. The summed E-state index contributed by atoms with van der Waals surface area (Å²) >= 11 is 13.5. The van der Waals surface area contributed by atoms with Crippen LogP contribution in [-0.4, -0.2) is 12.6 Å². The third-order valence-electron chi connectivity index (χ3n) is 2.79. The molecule has 20 heavy (non-hydrogen) atoms. The van der Waals surface area contributed by atoms with Gasteiger partial charge in [0, 0.05) is 26.0 Å². The van der Waals surface area contributed by atoms with Gasteiger partial charge in [0.15, 0.2) is 0 Å². The maximum atomic E-state index is 12.1. The van der Waals surface area contributed by atoms with E-state index >= 15 is 0 Å². The summed E-state index contributed by atoms with van der Waals surface area (Å²) in [6, 6.07) is 5.15. The third kappa shape index (κ3) is 2.77. The lowest BCUT2D eigenvalue weighted by Crippen LogP contribution is -2.07. The molecule has 0 aliphatic carbocycles. The lowest BCUT2D eigenvalue weighted by atomic mass is 10.0. The Kier molecular flexibility index (Phi) is 4.58. The lowest BCUT2D eigenvalue weighted by molar-refractivity contribution is 0.0529. The van der Waals surface area contributed by atoms with Gasteiger partial charge in [-0.05, 0) is 26.0 Å². The summed E-state index contributed by atoms with van der Waals surface area (Å²) in [6.45, 7) is 3.94. The summed E-state index contributed by atoms with van der Waals surface area (Å²) in [4.78, 5) is 13.0. The van der Waals surface area contributed by atoms with E-state index in [9.17, 15) is 4.79 Å². The number of ether oxygens (including phenoxy) is 1. The first-order chi connectivity index (χ1) is 9.45. The molecule has 0 aliphatic heterocycles. The Balaban J connectivity index is 2.64. The Labute approximate surface area is 131 Å². The molecule has 6 heteroatoms. The number of halogens is 2. The largest absolute Gasteiger partial charge is 0.462 e. The second-order valence-electron chi connectivity index (χ2n) is 4.12. The summed E-state index contributed by atoms with van der Waals surface area (Å²) in [5.41, 5.74) is 7.75. The fourth-order valence-corrected chi connectivity index (χ4v) is 3.42. The molecule has 0 atom stereocenters. The zero-order valence-corrected chi connectivity index (χ0v) is 13.3. The van der Waals surface area contributed by atoms with Gasteiger partial charge in [-0.25, -0.2) is 4.79 Å². The number of nitrogen functional groups attached to an aromatic ring is 1. The number of rotatable bonds is 3. The standard InChI is InChI=1S/C14H13Cl2NO2S/c1-3-19-14(18)12-11(7(2)20-13(12)17)9-5-4-8(15)6-10(9)16/h4-6H,3,17H2,1-2H3. The molecule has 0 amide bonds. The highest BCUT2D eigenvalue weighted by Gasteiger charge is 2.24. The van der Waals surface area contributed by atoms with Crippen LogP contribution < -0.4 is 5.73 Å².